The molecule has 6 heteroatoms. The smallest absolute Gasteiger partial charge is 0.228 e. The van der Waals surface area contributed by atoms with Crippen LogP contribution in [-0.4, -0.2) is 39.6 Å². The molecular formula is C14H20BrN3O2. The summed E-state index contributed by atoms with van der Waals surface area (Å²) in [6.07, 6.45) is 4.74. The fourth-order valence-electron chi connectivity index (χ4n) is 3.17. The van der Waals surface area contributed by atoms with E-state index in [4.69, 9.17) is 4.74 Å². The van der Waals surface area contributed by atoms with E-state index in [-0.39, 0.29) is 17.9 Å². The van der Waals surface area contributed by atoms with Crippen LogP contribution < -0.4 is 0 Å². The van der Waals surface area contributed by atoms with E-state index in [9.17, 15) is 4.79 Å². The molecule has 2 atom stereocenters. The first-order chi connectivity index (χ1) is 9.70. The van der Waals surface area contributed by atoms with Gasteiger partial charge in [0.25, 0.3) is 0 Å². The molecule has 0 bridgehead atoms. The molecule has 0 saturated carbocycles. The zero-order valence-corrected chi connectivity index (χ0v) is 13.3. The van der Waals surface area contributed by atoms with Crippen molar-refractivity contribution in [3.8, 4) is 0 Å². The van der Waals surface area contributed by atoms with Crippen LogP contribution in [0.25, 0.3) is 0 Å². The number of carbonyl (C=O) groups is 1. The molecule has 0 aromatic carbocycles. The van der Waals surface area contributed by atoms with Gasteiger partial charge in [-0.05, 0) is 35.2 Å². The van der Waals surface area contributed by atoms with Gasteiger partial charge in [0.05, 0.1) is 24.8 Å². The molecule has 1 fully saturated rings. The van der Waals surface area contributed by atoms with E-state index in [1.54, 1.807) is 0 Å². The first-order valence-electron chi connectivity index (χ1n) is 7.31. The molecule has 2 aliphatic heterocycles. The van der Waals surface area contributed by atoms with Gasteiger partial charge >= 0.3 is 0 Å². The molecule has 3 heterocycles. The van der Waals surface area contributed by atoms with Gasteiger partial charge < -0.3 is 14.2 Å². The first kappa shape index (κ1) is 14.1. The molecule has 2 aliphatic rings. The van der Waals surface area contributed by atoms with Gasteiger partial charge in [0.2, 0.25) is 5.91 Å². The van der Waals surface area contributed by atoms with E-state index < -0.39 is 0 Å². The fraction of sp³-hybridized carbons (Fsp3) is 0.714. The quantitative estimate of drug-likeness (QED) is 0.828. The Labute approximate surface area is 127 Å². The van der Waals surface area contributed by atoms with Gasteiger partial charge in [-0.2, -0.15) is 0 Å². The lowest BCUT2D eigenvalue weighted by Crippen LogP contribution is -2.46. The number of imidazole rings is 1. The van der Waals surface area contributed by atoms with Crippen molar-refractivity contribution in [2.24, 2.45) is 5.92 Å². The third-order valence-corrected chi connectivity index (χ3v) is 4.92. The van der Waals surface area contributed by atoms with Crippen LogP contribution in [0.15, 0.2) is 10.8 Å². The van der Waals surface area contributed by atoms with Crippen molar-refractivity contribution in [1.82, 2.24) is 14.5 Å². The lowest BCUT2D eigenvalue weighted by molar-refractivity contribution is -0.146. The Morgan fingerprint density at radius 3 is 3.20 bits per heavy atom. The number of hydrogen-bond acceptors (Lipinski definition) is 3. The Bertz CT molecular complexity index is 503. The summed E-state index contributed by atoms with van der Waals surface area (Å²) in [5, 5.41) is 0. The summed E-state index contributed by atoms with van der Waals surface area (Å²) in [5.74, 6) is 1.22. The third-order valence-electron chi connectivity index (χ3n) is 4.29. The largest absolute Gasteiger partial charge is 0.377 e. The van der Waals surface area contributed by atoms with E-state index in [1.807, 2.05) is 11.1 Å². The second-order valence-corrected chi connectivity index (χ2v) is 6.29. The maximum Gasteiger partial charge on any atom is 0.228 e. The van der Waals surface area contributed by atoms with Gasteiger partial charge in [-0.1, -0.05) is 6.92 Å². The Morgan fingerprint density at radius 1 is 1.55 bits per heavy atom. The molecule has 0 radical (unpaired) electrons. The number of nitrogens with zero attached hydrogens (tertiary/aromatic N) is 3. The lowest BCUT2D eigenvalue weighted by Gasteiger charge is -2.36. The Kier molecular flexibility index (Phi) is 4.12. The van der Waals surface area contributed by atoms with Gasteiger partial charge in [0.15, 0.2) is 0 Å². The Balaban J connectivity index is 1.72. The molecule has 2 unspecified atom stereocenters. The summed E-state index contributed by atoms with van der Waals surface area (Å²) in [7, 11) is 0. The van der Waals surface area contributed by atoms with E-state index in [0.29, 0.717) is 6.54 Å². The van der Waals surface area contributed by atoms with Crippen LogP contribution in [0, 0.1) is 5.92 Å². The minimum absolute atomic E-state index is 0.0266. The molecular weight excluding hydrogens is 322 g/mol. The van der Waals surface area contributed by atoms with E-state index >= 15 is 0 Å². The number of halogens is 1. The average molecular weight is 342 g/mol. The molecule has 3 rings (SSSR count). The number of fused-ring (bicyclic) bond motifs is 1. The second kappa shape index (κ2) is 5.85. The predicted octanol–water partition coefficient (Wildman–Crippen LogP) is 2.19. The molecule has 0 aliphatic carbocycles. The van der Waals surface area contributed by atoms with Crippen molar-refractivity contribution in [2.75, 3.05) is 13.2 Å². The summed E-state index contributed by atoms with van der Waals surface area (Å²) in [5.41, 5.74) is 0. The Hall–Kier alpha value is -0.880. The van der Waals surface area contributed by atoms with Crippen molar-refractivity contribution < 1.29 is 9.53 Å². The van der Waals surface area contributed by atoms with E-state index in [0.717, 1.165) is 49.4 Å². The fourth-order valence-corrected chi connectivity index (χ4v) is 3.65. The summed E-state index contributed by atoms with van der Waals surface area (Å²) in [6.45, 7) is 5.06. The van der Waals surface area contributed by atoms with Crippen LogP contribution in [0.4, 0.5) is 0 Å². The molecule has 110 valence electrons. The topological polar surface area (TPSA) is 47.4 Å². The van der Waals surface area contributed by atoms with Crippen molar-refractivity contribution >= 4 is 21.8 Å². The highest BCUT2D eigenvalue weighted by Crippen LogP contribution is 2.27. The van der Waals surface area contributed by atoms with Crippen LogP contribution >= 0.6 is 15.9 Å². The molecule has 0 spiro atoms. The van der Waals surface area contributed by atoms with Crippen molar-refractivity contribution in [3.63, 3.8) is 0 Å². The van der Waals surface area contributed by atoms with Gasteiger partial charge in [0, 0.05) is 19.7 Å². The van der Waals surface area contributed by atoms with Gasteiger partial charge in [-0.15, -0.1) is 0 Å². The number of aromatic nitrogens is 2. The van der Waals surface area contributed by atoms with Gasteiger partial charge in [-0.3, -0.25) is 4.79 Å². The number of hydrogen-bond donors (Lipinski definition) is 0. The SMILES string of the molecule is CCC1OCCCC1C(=O)N1CCn2c(Br)cnc2C1. The molecule has 0 N–H and O–H groups in total. The zero-order chi connectivity index (χ0) is 14.1. The van der Waals surface area contributed by atoms with E-state index in [1.165, 1.54) is 0 Å². The van der Waals surface area contributed by atoms with Gasteiger partial charge in [-0.25, -0.2) is 4.98 Å². The first-order valence-corrected chi connectivity index (χ1v) is 8.10. The van der Waals surface area contributed by atoms with E-state index in [2.05, 4.69) is 32.4 Å². The maximum absolute atomic E-state index is 12.7. The Morgan fingerprint density at radius 2 is 2.40 bits per heavy atom. The summed E-state index contributed by atoms with van der Waals surface area (Å²) in [6, 6.07) is 0. The van der Waals surface area contributed by atoms with Crippen molar-refractivity contribution in [2.45, 2.75) is 45.4 Å². The molecule has 1 aromatic heterocycles. The number of carbonyl (C=O) groups excluding carboxylic acids is 1. The maximum atomic E-state index is 12.7. The van der Waals surface area contributed by atoms with Gasteiger partial charge in [0.1, 0.15) is 10.4 Å². The monoisotopic (exact) mass is 341 g/mol. The number of amides is 1. The molecule has 1 aromatic rings. The average Bonchev–Trinajstić information content (AvgIpc) is 2.87. The molecule has 1 amide bonds. The highest BCUT2D eigenvalue weighted by atomic mass is 79.9. The summed E-state index contributed by atoms with van der Waals surface area (Å²) < 4.78 is 8.87. The number of ether oxygens (including phenoxy) is 1. The minimum atomic E-state index is 0.0266. The number of rotatable bonds is 2. The second-order valence-electron chi connectivity index (χ2n) is 5.47. The highest BCUT2D eigenvalue weighted by molar-refractivity contribution is 9.10. The van der Waals surface area contributed by atoms with Crippen LogP contribution in [0.1, 0.15) is 32.0 Å². The normalized spacial score (nSPS) is 26.4. The molecule has 5 nitrogen and oxygen atoms in total. The molecule has 1 saturated heterocycles. The zero-order valence-electron chi connectivity index (χ0n) is 11.7. The van der Waals surface area contributed by atoms with Crippen LogP contribution in [0.2, 0.25) is 0 Å². The highest BCUT2D eigenvalue weighted by Gasteiger charge is 2.35. The molecule has 20 heavy (non-hydrogen) atoms. The van der Waals surface area contributed by atoms with Crippen LogP contribution in [-0.2, 0) is 22.6 Å². The van der Waals surface area contributed by atoms with Crippen LogP contribution in [0.5, 0.6) is 0 Å². The summed E-state index contributed by atoms with van der Waals surface area (Å²) >= 11 is 3.48. The summed E-state index contributed by atoms with van der Waals surface area (Å²) in [4.78, 5) is 19.0. The third kappa shape index (κ3) is 2.51. The standard InChI is InChI=1S/C14H20BrN3O2/c1-2-11-10(4-3-7-20-11)14(19)17-5-6-18-12(15)8-16-13(18)9-17/h8,10-11H,2-7,9H2,1H3. The van der Waals surface area contributed by atoms with Crippen molar-refractivity contribution in [3.05, 3.63) is 16.6 Å². The lowest BCUT2D eigenvalue weighted by atomic mass is 9.91. The minimum Gasteiger partial charge on any atom is -0.377 e. The predicted molar refractivity (Wildman–Crippen MR) is 78.1 cm³/mol. The van der Waals surface area contributed by atoms with Crippen LogP contribution in [0.3, 0.4) is 0 Å². The van der Waals surface area contributed by atoms with Crippen molar-refractivity contribution in [1.29, 1.82) is 0 Å².